The average molecular weight is 334 g/mol. The highest BCUT2D eigenvalue weighted by Gasteiger charge is 2.29. The minimum absolute atomic E-state index is 0.0580. The lowest BCUT2D eigenvalue weighted by molar-refractivity contribution is 0.117. The molecule has 3 rings (SSSR count). The number of nitrogens with zero attached hydrogens (tertiary/aromatic N) is 4. The summed E-state index contributed by atoms with van der Waals surface area (Å²) in [5, 5.41) is 16.9. The first-order valence-electron chi connectivity index (χ1n) is 8.30. The largest absolute Gasteiger partial charge is 0.388 e. The highest BCUT2D eigenvalue weighted by atomic mass is 32.1. The molecular weight excluding hydrogens is 308 g/mol. The number of thiophene rings is 1. The van der Waals surface area contributed by atoms with Crippen LogP contribution in [-0.2, 0) is 12.1 Å². The van der Waals surface area contributed by atoms with Crippen molar-refractivity contribution in [1.82, 2.24) is 19.7 Å². The molecule has 1 fully saturated rings. The van der Waals surface area contributed by atoms with Crippen LogP contribution in [0.15, 0.2) is 23.8 Å². The number of likely N-dealkylation sites (tertiary alicyclic amines) is 1. The fourth-order valence-electron chi connectivity index (χ4n) is 3.34. The molecule has 0 spiro atoms. The molecule has 2 atom stereocenters. The summed E-state index contributed by atoms with van der Waals surface area (Å²) in [6, 6.07) is 4.43. The van der Waals surface area contributed by atoms with E-state index in [1.54, 1.807) is 17.7 Å². The second-order valence-corrected chi connectivity index (χ2v) is 8.27. The minimum Gasteiger partial charge on any atom is -0.388 e. The Bertz CT molecular complexity index is 617. The van der Waals surface area contributed by atoms with E-state index in [4.69, 9.17) is 0 Å². The van der Waals surface area contributed by atoms with Crippen LogP contribution < -0.4 is 0 Å². The molecule has 0 aliphatic carbocycles. The van der Waals surface area contributed by atoms with Crippen molar-refractivity contribution in [3.8, 4) is 0 Å². The van der Waals surface area contributed by atoms with E-state index in [0.29, 0.717) is 6.04 Å². The molecule has 1 aliphatic rings. The lowest BCUT2D eigenvalue weighted by Gasteiger charge is -2.28. The molecule has 6 heteroatoms. The van der Waals surface area contributed by atoms with E-state index < -0.39 is 0 Å². The number of rotatable bonds is 5. The van der Waals surface area contributed by atoms with Gasteiger partial charge in [0.1, 0.15) is 12.2 Å². The average Bonchev–Trinajstić information content (AvgIpc) is 3.19. The van der Waals surface area contributed by atoms with Gasteiger partial charge in [-0.1, -0.05) is 6.07 Å². The van der Waals surface area contributed by atoms with E-state index in [1.807, 2.05) is 22.2 Å². The van der Waals surface area contributed by atoms with Crippen molar-refractivity contribution in [1.29, 1.82) is 0 Å². The molecule has 1 N–H and O–H groups in total. The normalized spacial score (nSPS) is 21.0. The van der Waals surface area contributed by atoms with Gasteiger partial charge >= 0.3 is 0 Å². The standard InChI is InChI=1S/C17H26N4OS/c1-17(2,3)21-16(18-12-19-21)11-20-8-4-6-13(20)10-14(22)15-7-5-9-23-15/h5,7,9,12-14,22H,4,6,8,10-11H2,1-3H3/t13-,14-/m1/s1. The number of aromatic nitrogens is 3. The van der Waals surface area contributed by atoms with Crippen molar-refractivity contribution < 1.29 is 5.11 Å². The summed E-state index contributed by atoms with van der Waals surface area (Å²) in [6.45, 7) is 8.31. The molecule has 0 unspecified atom stereocenters. The first-order valence-corrected chi connectivity index (χ1v) is 9.18. The quantitative estimate of drug-likeness (QED) is 0.912. The maximum atomic E-state index is 10.4. The van der Waals surface area contributed by atoms with Crippen LogP contribution in [0.5, 0.6) is 0 Å². The molecule has 126 valence electrons. The first-order chi connectivity index (χ1) is 10.9. The molecular formula is C17H26N4OS. The predicted octanol–water partition coefficient (Wildman–Crippen LogP) is 3.18. The lowest BCUT2D eigenvalue weighted by Crippen LogP contribution is -2.34. The zero-order valence-electron chi connectivity index (χ0n) is 14.1. The molecule has 1 aliphatic heterocycles. The summed E-state index contributed by atoms with van der Waals surface area (Å²) in [5.41, 5.74) is -0.0580. The third-order valence-corrected chi connectivity index (χ3v) is 5.44. The van der Waals surface area contributed by atoms with Crippen LogP contribution in [0.1, 0.15) is 56.8 Å². The van der Waals surface area contributed by atoms with Gasteiger partial charge < -0.3 is 5.11 Å². The van der Waals surface area contributed by atoms with Gasteiger partial charge in [-0.25, -0.2) is 9.67 Å². The van der Waals surface area contributed by atoms with Gasteiger partial charge in [0.25, 0.3) is 0 Å². The van der Waals surface area contributed by atoms with Crippen LogP contribution in [0.3, 0.4) is 0 Å². The van der Waals surface area contributed by atoms with Gasteiger partial charge in [0.15, 0.2) is 0 Å². The van der Waals surface area contributed by atoms with Crippen molar-refractivity contribution in [2.24, 2.45) is 0 Å². The van der Waals surface area contributed by atoms with Crippen LogP contribution in [0.25, 0.3) is 0 Å². The molecule has 23 heavy (non-hydrogen) atoms. The second kappa shape index (κ2) is 6.71. The summed E-state index contributed by atoms with van der Waals surface area (Å²) in [7, 11) is 0. The third-order valence-electron chi connectivity index (χ3n) is 4.46. The number of aliphatic hydroxyl groups excluding tert-OH is 1. The Kier molecular flexibility index (Phi) is 4.85. The van der Waals surface area contributed by atoms with Crippen molar-refractivity contribution in [2.45, 2.75) is 64.3 Å². The molecule has 3 heterocycles. The van der Waals surface area contributed by atoms with Crippen molar-refractivity contribution in [3.05, 3.63) is 34.5 Å². The second-order valence-electron chi connectivity index (χ2n) is 7.29. The molecule has 0 amide bonds. The topological polar surface area (TPSA) is 54.2 Å². The highest BCUT2D eigenvalue weighted by Crippen LogP contribution is 2.30. The number of hydrogen-bond donors (Lipinski definition) is 1. The van der Waals surface area contributed by atoms with E-state index in [9.17, 15) is 5.11 Å². The molecule has 0 radical (unpaired) electrons. The SMILES string of the molecule is CC(C)(C)n1ncnc1CN1CCC[C@@H]1C[C@@H](O)c1cccs1. The smallest absolute Gasteiger partial charge is 0.141 e. The van der Waals surface area contributed by atoms with Gasteiger partial charge in [0.2, 0.25) is 0 Å². The monoisotopic (exact) mass is 334 g/mol. The van der Waals surface area contributed by atoms with Crippen LogP contribution in [-0.4, -0.2) is 37.4 Å². The van der Waals surface area contributed by atoms with E-state index in [1.165, 1.54) is 6.42 Å². The summed E-state index contributed by atoms with van der Waals surface area (Å²) in [4.78, 5) is 7.97. The molecule has 5 nitrogen and oxygen atoms in total. The van der Waals surface area contributed by atoms with Gasteiger partial charge in [-0.2, -0.15) is 5.10 Å². The van der Waals surface area contributed by atoms with Crippen LogP contribution in [0.2, 0.25) is 0 Å². The van der Waals surface area contributed by atoms with E-state index in [-0.39, 0.29) is 11.6 Å². The summed E-state index contributed by atoms with van der Waals surface area (Å²) < 4.78 is 2.01. The van der Waals surface area contributed by atoms with Crippen molar-refractivity contribution in [3.63, 3.8) is 0 Å². The van der Waals surface area contributed by atoms with Crippen LogP contribution >= 0.6 is 11.3 Å². The number of aliphatic hydroxyl groups is 1. The van der Waals surface area contributed by atoms with E-state index in [2.05, 4.69) is 35.8 Å². The highest BCUT2D eigenvalue weighted by molar-refractivity contribution is 7.10. The fourth-order valence-corrected chi connectivity index (χ4v) is 4.06. The molecule has 2 aromatic heterocycles. The minimum atomic E-state index is -0.360. The lowest BCUT2D eigenvalue weighted by atomic mass is 10.1. The summed E-state index contributed by atoms with van der Waals surface area (Å²) in [6.07, 6.45) is 4.41. The Labute approximate surface area is 142 Å². The predicted molar refractivity (Wildman–Crippen MR) is 92.3 cm³/mol. The summed E-state index contributed by atoms with van der Waals surface area (Å²) >= 11 is 1.63. The maximum Gasteiger partial charge on any atom is 0.141 e. The van der Waals surface area contributed by atoms with E-state index >= 15 is 0 Å². The summed E-state index contributed by atoms with van der Waals surface area (Å²) in [5.74, 6) is 1.01. The maximum absolute atomic E-state index is 10.4. The van der Waals surface area contributed by atoms with Crippen LogP contribution in [0, 0.1) is 0 Å². The van der Waals surface area contributed by atoms with E-state index in [0.717, 1.165) is 36.6 Å². The third kappa shape index (κ3) is 3.82. The Morgan fingerprint density at radius 3 is 2.96 bits per heavy atom. The molecule has 1 saturated heterocycles. The fraction of sp³-hybridized carbons (Fsp3) is 0.647. The van der Waals surface area contributed by atoms with Gasteiger partial charge in [-0.05, 0) is 58.0 Å². The Balaban J connectivity index is 1.67. The number of hydrogen-bond acceptors (Lipinski definition) is 5. The molecule has 0 aromatic carbocycles. The first kappa shape index (κ1) is 16.6. The molecule has 0 saturated carbocycles. The van der Waals surface area contributed by atoms with Crippen LogP contribution in [0.4, 0.5) is 0 Å². The van der Waals surface area contributed by atoms with Gasteiger partial charge in [-0.3, -0.25) is 4.90 Å². The molecule has 0 bridgehead atoms. The molecule has 2 aromatic rings. The van der Waals surface area contributed by atoms with Crippen molar-refractivity contribution >= 4 is 11.3 Å². The Morgan fingerprint density at radius 1 is 1.43 bits per heavy atom. The van der Waals surface area contributed by atoms with Gasteiger partial charge in [0.05, 0.1) is 18.2 Å². The zero-order chi connectivity index (χ0) is 16.4. The Hall–Kier alpha value is -1.24. The van der Waals surface area contributed by atoms with Gasteiger partial charge in [-0.15, -0.1) is 11.3 Å². The Morgan fingerprint density at radius 2 is 2.26 bits per heavy atom. The van der Waals surface area contributed by atoms with Crippen molar-refractivity contribution in [2.75, 3.05) is 6.54 Å². The zero-order valence-corrected chi connectivity index (χ0v) is 15.0. The van der Waals surface area contributed by atoms with Gasteiger partial charge in [0, 0.05) is 10.9 Å².